The summed E-state index contributed by atoms with van der Waals surface area (Å²) in [4.78, 5) is 15.6. The van der Waals surface area contributed by atoms with Gasteiger partial charge in [-0.2, -0.15) is 15.4 Å². The van der Waals surface area contributed by atoms with Crippen molar-refractivity contribution in [1.82, 2.24) is 35.7 Å². The van der Waals surface area contributed by atoms with Gasteiger partial charge in [0, 0.05) is 34.6 Å². The van der Waals surface area contributed by atoms with Gasteiger partial charge in [-0.05, 0) is 30.3 Å². The van der Waals surface area contributed by atoms with Crippen LogP contribution < -0.4 is 10.2 Å². The van der Waals surface area contributed by atoms with E-state index in [0.717, 1.165) is 15.4 Å². The molecule has 4 aromatic rings. The van der Waals surface area contributed by atoms with Crippen molar-refractivity contribution in [2.24, 2.45) is 0 Å². The zero-order valence-corrected chi connectivity index (χ0v) is 17.6. The molecule has 32 heavy (non-hydrogen) atoms. The van der Waals surface area contributed by atoms with E-state index in [4.69, 9.17) is 4.74 Å². The number of carbonyl (C=O) groups is 1. The van der Waals surface area contributed by atoms with Gasteiger partial charge in [0.15, 0.2) is 0 Å². The highest BCUT2D eigenvalue weighted by Gasteiger charge is 2.33. The molecule has 1 aliphatic heterocycles. The van der Waals surface area contributed by atoms with Crippen LogP contribution in [0.15, 0.2) is 48.9 Å². The Hall–Kier alpha value is -3.64. The summed E-state index contributed by atoms with van der Waals surface area (Å²) < 4.78 is 21.9. The normalized spacial score (nSPS) is 16.0. The number of H-pyrrole nitrogens is 1. The van der Waals surface area contributed by atoms with Crippen LogP contribution >= 0.6 is 11.3 Å². The highest BCUT2D eigenvalue weighted by Crippen LogP contribution is 2.33. The van der Waals surface area contributed by atoms with Crippen LogP contribution in [-0.4, -0.2) is 49.1 Å². The number of aromatic nitrogens is 6. The van der Waals surface area contributed by atoms with Crippen molar-refractivity contribution < 1.29 is 13.9 Å². The van der Waals surface area contributed by atoms with Crippen LogP contribution in [0, 0.1) is 5.82 Å². The molecule has 5 rings (SSSR count). The van der Waals surface area contributed by atoms with E-state index in [1.807, 2.05) is 12.1 Å². The Morgan fingerprint density at radius 1 is 1.28 bits per heavy atom. The minimum Gasteiger partial charge on any atom is -0.442 e. The van der Waals surface area contributed by atoms with Crippen molar-refractivity contribution in [1.29, 1.82) is 0 Å². The maximum absolute atomic E-state index is 14.9. The number of anilines is 1. The van der Waals surface area contributed by atoms with Crippen LogP contribution in [0.1, 0.15) is 10.6 Å². The van der Waals surface area contributed by atoms with Crippen LogP contribution in [-0.2, 0) is 24.4 Å². The average Bonchev–Trinajstić information content (AvgIpc) is 3.57. The predicted molar refractivity (Wildman–Crippen MR) is 114 cm³/mol. The second-order valence-corrected chi connectivity index (χ2v) is 8.40. The Labute approximate surface area is 186 Å². The molecule has 1 amide bonds. The van der Waals surface area contributed by atoms with Crippen molar-refractivity contribution in [3.63, 3.8) is 0 Å². The SMILES string of the molecule is O=C1O[C@@H](Cn2ccnn2)CN1c1ccc(-c2ccc(CNCc3cn[nH]n3)s2)c(F)c1. The smallest absolute Gasteiger partial charge is 0.414 e. The molecule has 1 aliphatic rings. The number of rotatable bonds is 8. The number of nitrogens with one attached hydrogen (secondary N) is 2. The molecule has 4 heterocycles. The van der Waals surface area contributed by atoms with Crippen LogP contribution in [0.5, 0.6) is 0 Å². The van der Waals surface area contributed by atoms with Crippen LogP contribution in [0.25, 0.3) is 10.4 Å². The summed E-state index contributed by atoms with van der Waals surface area (Å²) in [5.74, 6) is -0.390. The quantitative estimate of drug-likeness (QED) is 0.421. The summed E-state index contributed by atoms with van der Waals surface area (Å²) in [6.07, 6.45) is 4.04. The van der Waals surface area contributed by atoms with Gasteiger partial charge in [-0.3, -0.25) is 4.90 Å². The van der Waals surface area contributed by atoms with Crippen molar-refractivity contribution >= 4 is 23.1 Å². The monoisotopic (exact) mass is 454 g/mol. The third kappa shape index (κ3) is 4.36. The molecule has 0 bridgehead atoms. The minimum absolute atomic E-state index is 0.317. The molecule has 0 radical (unpaired) electrons. The molecular weight excluding hydrogens is 435 g/mol. The molecule has 1 atom stereocenters. The fourth-order valence-electron chi connectivity index (χ4n) is 3.48. The Kier molecular flexibility index (Phi) is 5.60. The van der Waals surface area contributed by atoms with Gasteiger partial charge in [0.05, 0.1) is 36.9 Å². The van der Waals surface area contributed by atoms with E-state index < -0.39 is 6.09 Å². The lowest BCUT2D eigenvalue weighted by Crippen LogP contribution is -2.26. The number of cyclic esters (lactones) is 1. The predicted octanol–water partition coefficient (Wildman–Crippen LogP) is 2.58. The number of carbonyl (C=O) groups excluding carboxylic acids is 1. The van der Waals surface area contributed by atoms with Crippen molar-refractivity contribution in [3.05, 3.63) is 65.3 Å². The van der Waals surface area contributed by atoms with Crippen molar-refractivity contribution in [2.45, 2.75) is 25.7 Å². The maximum Gasteiger partial charge on any atom is 0.414 e. The fraction of sp³-hybridized carbons (Fsp3) is 0.250. The maximum atomic E-state index is 14.9. The largest absolute Gasteiger partial charge is 0.442 e. The van der Waals surface area contributed by atoms with Crippen molar-refractivity contribution in [3.8, 4) is 10.4 Å². The summed E-state index contributed by atoms with van der Waals surface area (Å²) in [6.45, 7) is 1.95. The Bertz CT molecular complexity index is 1190. The van der Waals surface area contributed by atoms with E-state index in [9.17, 15) is 9.18 Å². The van der Waals surface area contributed by atoms with E-state index in [1.165, 1.54) is 22.3 Å². The zero-order valence-electron chi connectivity index (χ0n) is 16.8. The second-order valence-electron chi connectivity index (χ2n) is 7.24. The molecule has 2 N–H and O–H groups in total. The molecular formula is C20H19FN8O2S. The molecule has 0 unspecified atom stereocenters. The third-order valence-corrected chi connectivity index (χ3v) is 6.12. The lowest BCUT2D eigenvalue weighted by molar-refractivity contribution is 0.129. The van der Waals surface area contributed by atoms with Crippen LogP contribution in [0.3, 0.4) is 0 Å². The number of amides is 1. The number of aromatic amines is 1. The Morgan fingerprint density at radius 3 is 3.00 bits per heavy atom. The summed E-state index contributed by atoms with van der Waals surface area (Å²) in [5, 5.41) is 21.2. The first-order valence-electron chi connectivity index (χ1n) is 9.92. The topological polar surface area (TPSA) is 114 Å². The molecule has 12 heteroatoms. The Morgan fingerprint density at radius 2 is 2.22 bits per heavy atom. The van der Waals surface area contributed by atoms with E-state index in [-0.39, 0.29) is 11.9 Å². The molecule has 1 saturated heterocycles. The molecule has 3 aromatic heterocycles. The van der Waals surface area contributed by atoms with E-state index >= 15 is 0 Å². The van der Waals surface area contributed by atoms with Gasteiger partial charge in [0.1, 0.15) is 11.9 Å². The Balaban J connectivity index is 1.23. The fourth-order valence-corrected chi connectivity index (χ4v) is 4.48. The molecule has 1 fully saturated rings. The molecule has 0 aliphatic carbocycles. The number of benzene rings is 1. The molecule has 0 spiro atoms. The molecule has 164 valence electrons. The van der Waals surface area contributed by atoms with Crippen LogP contribution in [0.4, 0.5) is 14.9 Å². The lowest BCUT2D eigenvalue weighted by atomic mass is 10.1. The summed E-state index contributed by atoms with van der Waals surface area (Å²) in [5.41, 5.74) is 1.78. The molecule has 0 saturated carbocycles. The van der Waals surface area contributed by atoms with Gasteiger partial charge >= 0.3 is 6.09 Å². The highest BCUT2D eigenvalue weighted by atomic mass is 32.1. The lowest BCUT2D eigenvalue weighted by Gasteiger charge is -2.14. The second kappa shape index (κ2) is 8.85. The summed E-state index contributed by atoms with van der Waals surface area (Å²) >= 11 is 1.51. The number of ether oxygens (including phenoxy) is 1. The van der Waals surface area contributed by atoms with Gasteiger partial charge in [-0.25, -0.2) is 13.9 Å². The third-order valence-electron chi connectivity index (χ3n) is 5.00. The minimum atomic E-state index is -0.501. The average molecular weight is 454 g/mol. The number of nitrogens with zero attached hydrogens (tertiary/aromatic N) is 6. The number of hydrogen-bond donors (Lipinski definition) is 2. The first-order chi connectivity index (χ1) is 15.7. The van der Waals surface area contributed by atoms with E-state index in [0.29, 0.717) is 37.4 Å². The summed E-state index contributed by atoms with van der Waals surface area (Å²) in [7, 11) is 0. The van der Waals surface area contributed by atoms with Gasteiger partial charge in [0.25, 0.3) is 0 Å². The first-order valence-corrected chi connectivity index (χ1v) is 10.7. The molecule has 1 aromatic carbocycles. The van der Waals surface area contributed by atoms with Crippen molar-refractivity contribution in [2.75, 3.05) is 11.4 Å². The first kappa shape index (κ1) is 20.3. The number of hydrogen-bond acceptors (Lipinski definition) is 8. The molecule has 10 nitrogen and oxygen atoms in total. The standard InChI is InChI=1S/C20H19FN8O2S/c21-18-7-14(29-12-15(31-20(29)30)11-28-6-5-23-27-28)1-3-17(18)19-4-2-16(32-19)10-22-8-13-9-24-26-25-13/h1-7,9,15,22H,8,10-12H2,(H,24,25,26)/t15-/m0/s1. The number of halogens is 1. The summed E-state index contributed by atoms with van der Waals surface area (Å²) in [6, 6.07) is 8.67. The van der Waals surface area contributed by atoms with Gasteiger partial charge in [0.2, 0.25) is 0 Å². The van der Waals surface area contributed by atoms with Gasteiger partial charge in [-0.1, -0.05) is 5.21 Å². The van der Waals surface area contributed by atoms with Gasteiger partial charge in [-0.15, -0.1) is 16.4 Å². The number of thiophene rings is 1. The highest BCUT2D eigenvalue weighted by molar-refractivity contribution is 7.15. The van der Waals surface area contributed by atoms with Crippen LogP contribution in [0.2, 0.25) is 0 Å². The van der Waals surface area contributed by atoms with Gasteiger partial charge < -0.3 is 10.1 Å². The van der Waals surface area contributed by atoms with E-state index in [2.05, 4.69) is 31.0 Å². The zero-order chi connectivity index (χ0) is 21.9. The van der Waals surface area contributed by atoms with E-state index in [1.54, 1.807) is 35.4 Å².